The quantitative estimate of drug-likeness (QED) is 0.612. The van der Waals surface area contributed by atoms with Crippen molar-refractivity contribution in [2.24, 2.45) is 0 Å². The highest BCUT2D eigenvalue weighted by atomic mass is 16.4. The minimum absolute atomic E-state index is 0.233. The van der Waals surface area contributed by atoms with E-state index in [4.69, 9.17) is 5.11 Å². The van der Waals surface area contributed by atoms with Gasteiger partial charge in [-0.1, -0.05) is 0 Å². The van der Waals surface area contributed by atoms with E-state index in [1.165, 1.54) is 6.92 Å². The molecule has 1 atom stereocenters. The first-order valence-electron chi connectivity index (χ1n) is 4.10. The summed E-state index contributed by atoms with van der Waals surface area (Å²) in [6, 6.07) is -0.810. The van der Waals surface area contributed by atoms with Crippen LogP contribution in [0.2, 0.25) is 0 Å². The minimum atomic E-state index is -1.02. The van der Waals surface area contributed by atoms with Gasteiger partial charge >= 0.3 is 5.97 Å². The van der Waals surface area contributed by atoms with Crippen molar-refractivity contribution in [1.82, 2.24) is 10.2 Å². The van der Waals surface area contributed by atoms with Gasteiger partial charge in [0.25, 0.3) is 0 Å². The summed E-state index contributed by atoms with van der Waals surface area (Å²) in [6.45, 7) is 2.06. The largest absolute Gasteiger partial charge is 0.480 e. The van der Waals surface area contributed by atoms with E-state index in [0.717, 1.165) is 0 Å². The number of carbonyl (C=O) groups is 2. The maximum absolute atomic E-state index is 11.1. The van der Waals surface area contributed by atoms with E-state index in [2.05, 4.69) is 5.32 Å². The molecule has 0 heterocycles. The molecule has 0 rings (SSSR count). The molecule has 2 N–H and O–H groups in total. The van der Waals surface area contributed by atoms with Crippen LogP contribution in [0.1, 0.15) is 13.3 Å². The first-order valence-corrected chi connectivity index (χ1v) is 4.10. The molecule has 0 spiro atoms. The van der Waals surface area contributed by atoms with Gasteiger partial charge in [0.05, 0.1) is 0 Å². The van der Waals surface area contributed by atoms with Gasteiger partial charge in [-0.3, -0.25) is 9.59 Å². The predicted octanol–water partition coefficient (Wildman–Crippen LogP) is -0.473. The summed E-state index contributed by atoms with van der Waals surface area (Å²) in [5.74, 6) is -1.25. The Bertz CT molecular complexity index is 192. The van der Waals surface area contributed by atoms with Crippen LogP contribution in [-0.2, 0) is 9.59 Å². The molecule has 0 radical (unpaired) electrons. The number of carboxylic acid groups (broad SMARTS) is 1. The number of rotatable bonds is 5. The Balaban J connectivity index is 3.68. The summed E-state index contributed by atoms with van der Waals surface area (Å²) in [5.41, 5.74) is 0. The number of hydrogen-bond acceptors (Lipinski definition) is 3. The summed E-state index contributed by atoms with van der Waals surface area (Å²) in [6.07, 6.45) is 0.324. The normalized spacial score (nSPS) is 12.6. The van der Waals surface area contributed by atoms with Crippen LogP contribution in [0.4, 0.5) is 0 Å². The highest BCUT2D eigenvalue weighted by Crippen LogP contribution is 1.87. The average molecular weight is 188 g/mol. The summed E-state index contributed by atoms with van der Waals surface area (Å²) >= 11 is 0. The lowest BCUT2D eigenvalue weighted by molar-refractivity contribution is -0.141. The Morgan fingerprint density at radius 3 is 2.38 bits per heavy atom. The Hall–Kier alpha value is -1.10. The first-order chi connectivity index (χ1) is 5.93. The van der Waals surface area contributed by atoms with Crippen molar-refractivity contribution in [3.8, 4) is 0 Å². The van der Waals surface area contributed by atoms with E-state index >= 15 is 0 Å². The fourth-order valence-electron chi connectivity index (χ4n) is 0.701. The third kappa shape index (κ3) is 6.10. The Labute approximate surface area is 77.7 Å². The molecule has 0 aromatic heterocycles. The highest BCUT2D eigenvalue weighted by molar-refractivity contribution is 5.83. The summed E-state index contributed by atoms with van der Waals surface area (Å²) in [4.78, 5) is 23.3. The standard InChI is InChI=1S/C8H16N2O3/c1-6(8(12)13)9-7(11)4-5-10(2)3/h6H,4-5H2,1-3H3,(H,9,11)(H,12,13)/t6-/m0/s1. The van der Waals surface area contributed by atoms with E-state index < -0.39 is 12.0 Å². The fourth-order valence-corrected chi connectivity index (χ4v) is 0.701. The highest BCUT2D eigenvalue weighted by Gasteiger charge is 2.13. The minimum Gasteiger partial charge on any atom is -0.480 e. The van der Waals surface area contributed by atoms with Crippen LogP contribution in [0.5, 0.6) is 0 Å². The van der Waals surface area contributed by atoms with Crippen molar-refractivity contribution in [2.45, 2.75) is 19.4 Å². The third-order valence-corrected chi connectivity index (χ3v) is 1.53. The molecule has 5 nitrogen and oxygen atoms in total. The number of carbonyl (C=O) groups excluding carboxylic acids is 1. The number of nitrogens with zero attached hydrogens (tertiary/aromatic N) is 1. The molecule has 0 fully saturated rings. The average Bonchev–Trinajstić information content (AvgIpc) is 2.00. The van der Waals surface area contributed by atoms with E-state index in [1.807, 2.05) is 19.0 Å². The van der Waals surface area contributed by atoms with Crippen molar-refractivity contribution in [3.05, 3.63) is 0 Å². The van der Waals surface area contributed by atoms with Crippen molar-refractivity contribution in [3.63, 3.8) is 0 Å². The zero-order valence-corrected chi connectivity index (χ0v) is 8.20. The Morgan fingerprint density at radius 1 is 1.46 bits per heavy atom. The lowest BCUT2D eigenvalue weighted by atomic mass is 10.3. The van der Waals surface area contributed by atoms with E-state index in [1.54, 1.807) is 0 Å². The molecule has 0 saturated carbocycles. The van der Waals surface area contributed by atoms with Crippen LogP contribution in [0.3, 0.4) is 0 Å². The van der Waals surface area contributed by atoms with Gasteiger partial charge < -0.3 is 15.3 Å². The van der Waals surface area contributed by atoms with Crippen molar-refractivity contribution < 1.29 is 14.7 Å². The molecule has 0 aliphatic rings. The van der Waals surface area contributed by atoms with Crippen LogP contribution in [0.25, 0.3) is 0 Å². The number of aliphatic carboxylic acids is 1. The molecule has 5 heteroatoms. The summed E-state index contributed by atoms with van der Waals surface area (Å²) in [7, 11) is 3.71. The number of hydrogen-bond donors (Lipinski definition) is 2. The predicted molar refractivity (Wildman–Crippen MR) is 48.4 cm³/mol. The van der Waals surface area contributed by atoms with Crippen LogP contribution < -0.4 is 5.32 Å². The second-order valence-electron chi connectivity index (χ2n) is 3.18. The number of carboxylic acids is 1. The monoisotopic (exact) mass is 188 g/mol. The first kappa shape index (κ1) is 11.9. The molecule has 0 unspecified atom stereocenters. The Kier molecular flexibility index (Phi) is 5.06. The maximum atomic E-state index is 11.1. The van der Waals surface area contributed by atoms with Gasteiger partial charge in [0.2, 0.25) is 5.91 Å². The van der Waals surface area contributed by atoms with E-state index in [0.29, 0.717) is 13.0 Å². The molecule has 76 valence electrons. The summed E-state index contributed by atoms with van der Waals surface area (Å²) < 4.78 is 0. The fraction of sp³-hybridized carbons (Fsp3) is 0.750. The molecule has 0 bridgehead atoms. The molecule has 0 saturated heterocycles. The molecule has 13 heavy (non-hydrogen) atoms. The zero-order chi connectivity index (χ0) is 10.4. The van der Waals surface area contributed by atoms with Gasteiger partial charge in [-0.15, -0.1) is 0 Å². The molecule has 1 amide bonds. The molecular weight excluding hydrogens is 172 g/mol. The van der Waals surface area contributed by atoms with Crippen LogP contribution in [-0.4, -0.2) is 48.6 Å². The van der Waals surface area contributed by atoms with Crippen LogP contribution in [0.15, 0.2) is 0 Å². The van der Waals surface area contributed by atoms with Crippen LogP contribution >= 0.6 is 0 Å². The lowest BCUT2D eigenvalue weighted by Gasteiger charge is -2.11. The van der Waals surface area contributed by atoms with Gasteiger partial charge in [0, 0.05) is 13.0 Å². The van der Waals surface area contributed by atoms with Gasteiger partial charge in [-0.2, -0.15) is 0 Å². The molecule has 0 aromatic carbocycles. The molecule has 0 aromatic rings. The van der Waals surface area contributed by atoms with E-state index in [9.17, 15) is 9.59 Å². The lowest BCUT2D eigenvalue weighted by Crippen LogP contribution is -2.39. The van der Waals surface area contributed by atoms with Crippen LogP contribution in [0, 0.1) is 0 Å². The smallest absolute Gasteiger partial charge is 0.325 e. The van der Waals surface area contributed by atoms with Gasteiger partial charge in [0.1, 0.15) is 6.04 Å². The van der Waals surface area contributed by atoms with Gasteiger partial charge in [-0.05, 0) is 21.0 Å². The van der Waals surface area contributed by atoms with Crippen molar-refractivity contribution in [1.29, 1.82) is 0 Å². The number of nitrogens with one attached hydrogen (secondary N) is 1. The molecule has 0 aliphatic carbocycles. The van der Waals surface area contributed by atoms with E-state index in [-0.39, 0.29) is 5.91 Å². The SMILES string of the molecule is C[C@H](NC(=O)CCN(C)C)C(=O)O. The third-order valence-electron chi connectivity index (χ3n) is 1.53. The Morgan fingerprint density at radius 2 is 2.00 bits per heavy atom. The second kappa shape index (κ2) is 5.53. The van der Waals surface area contributed by atoms with Gasteiger partial charge in [0.15, 0.2) is 0 Å². The number of amides is 1. The topological polar surface area (TPSA) is 69.6 Å². The molecule has 0 aliphatic heterocycles. The second-order valence-corrected chi connectivity index (χ2v) is 3.18. The molecular formula is C8H16N2O3. The summed E-state index contributed by atoms with van der Waals surface area (Å²) in [5, 5.41) is 10.9. The zero-order valence-electron chi connectivity index (χ0n) is 8.20. The van der Waals surface area contributed by atoms with Crippen molar-refractivity contribution >= 4 is 11.9 Å². The van der Waals surface area contributed by atoms with Gasteiger partial charge in [-0.25, -0.2) is 0 Å². The van der Waals surface area contributed by atoms with Crippen molar-refractivity contribution in [2.75, 3.05) is 20.6 Å². The maximum Gasteiger partial charge on any atom is 0.325 e.